The topological polar surface area (TPSA) is 29.9 Å². The molecule has 0 aliphatic heterocycles. The molecule has 4 heteroatoms. The van der Waals surface area contributed by atoms with Crippen molar-refractivity contribution in [3.8, 4) is 0 Å². The Kier molecular flexibility index (Phi) is 2.54. The average molecular weight is 252 g/mol. The first-order valence-corrected chi connectivity index (χ1v) is 5.08. The predicted octanol–water partition coefficient (Wildman–Crippen LogP) is 2.83. The summed E-state index contributed by atoms with van der Waals surface area (Å²) < 4.78 is 2.88. The van der Waals surface area contributed by atoms with Crippen LogP contribution in [0, 0.1) is 6.92 Å². The van der Waals surface area contributed by atoms with Gasteiger partial charge in [0, 0.05) is 16.9 Å². The number of halogens is 1. The molecule has 0 amide bonds. The zero-order chi connectivity index (χ0) is 9.97. The molecule has 72 valence electrons. The summed E-state index contributed by atoms with van der Waals surface area (Å²) in [5.74, 6) is 0.835. The molecule has 3 nitrogen and oxygen atoms in total. The maximum absolute atomic E-state index is 4.37. The SMILES string of the molecule is Cc1nc(Nn2cccc2)ccc1Br. The van der Waals surface area contributed by atoms with Crippen LogP contribution in [0.25, 0.3) is 0 Å². The highest BCUT2D eigenvalue weighted by Crippen LogP contribution is 2.16. The van der Waals surface area contributed by atoms with Gasteiger partial charge in [0.25, 0.3) is 0 Å². The van der Waals surface area contributed by atoms with Crippen molar-refractivity contribution in [1.82, 2.24) is 9.66 Å². The molecule has 0 unspecified atom stereocenters. The van der Waals surface area contributed by atoms with E-state index in [4.69, 9.17) is 0 Å². The summed E-state index contributed by atoms with van der Waals surface area (Å²) in [4.78, 5) is 4.37. The second-order valence-corrected chi connectivity index (χ2v) is 3.82. The van der Waals surface area contributed by atoms with E-state index >= 15 is 0 Å². The molecule has 0 radical (unpaired) electrons. The molecule has 0 fully saturated rings. The Hall–Kier alpha value is -1.29. The van der Waals surface area contributed by atoms with E-state index in [-0.39, 0.29) is 0 Å². The maximum Gasteiger partial charge on any atom is 0.145 e. The van der Waals surface area contributed by atoms with Gasteiger partial charge in [-0.3, -0.25) is 10.1 Å². The molecule has 14 heavy (non-hydrogen) atoms. The summed E-state index contributed by atoms with van der Waals surface area (Å²) in [7, 11) is 0. The van der Waals surface area contributed by atoms with Gasteiger partial charge in [-0.1, -0.05) is 0 Å². The van der Waals surface area contributed by atoms with Crippen molar-refractivity contribution < 1.29 is 0 Å². The Morgan fingerprint density at radius 2 is 2.00 bits per heavy atom. The maximum atomic E-state index is 4.37. The number of rotatable bonds is 2. The molecule has 0 atom stereocenters. The zero-order valence-electron chi connectivity index (χ0n) is 7.74. The van der Waals surface area contributed by atoms with Crippen LogP contribution in [0.2, 0.25) is 0 Å². The van der Waals surface area contributed by atoms with Crippen LogP contribution in [-0.2, 0) is 0 Å². The first kappa shape index (κ1) is 9.27. The lowest BCUT2D eigenvalue weighted by Crippen LogP contribution is -2.07. The van der Waals surface area contributed by atoms with Gasteiger partial charge in [-0.05, 0) is 47.1 Å². The summed E-state index contributed by atoms with van der Waals surface area (Å²) in [6.45, 7) is 1.96. The van der Waals surface area contributed by atoms with Crippen LogP contribution in [0.4, 0.5) is 5.82 Å². The van der Waals surface area contributed by atoms with Crippen LogP contribution in [0.5, 0.6) is 0 Å². The van der Waals surface area contributed by atoms with Crippen molar-refractivity contribution in [3.63, 3.8) is 0 Å². The quantitative estimate of drug-likeness (QED) is 0.890. The van der Waals surface area contributed by atoms with Gasteiger partial charge in [0.15, 0.2) is 0 Å². The standard InChI is InChI=1S/C10H10BrN3/c1-8-9(11)4-5-10(12-8)13-14-6-2-3-7-14/h2-7H,1H3,(H,12,13). The van der Waals surface area contributed by atoms with Crippen molar-refractivity contribution in [3.05, 3.63) is 46.8 Å². The number of nitrogens with one attached hydrogen (secondary N) is 1. The van der Waals surface area contributed by atoms with E-state index in [1.165, 1.54) is 0 Å². The number of hydrogen-bond donors (Lipinski definition) is 1. The van der Waals surface area contributed by atoms with Crippen molar-refractivity contribution in [1.29, 1.82) is 0 Å². The van der Waals surface area contributed by atoms with E-state index in [1.807, 2.05) is 48.3 Å². The normalized spacial score (nSPS) is 10.1. The van der Waals surface area contributed by atoms with E-state index < -0.39 is 0 Å². The fourth-order valence-electron chi connectivity index (χ4n) is 1.15. The number of pyridine rings is 1. The molecule has 0 aromatic carbocycles. The van der Waals surface area contributed by atoms with E-state index in [2.05, 4.69) is 26.3 Å². The molecule has 0 saturated carbocycles. The van der Waals surface area contributed by atoms with Gasteiger partial charge >= 0.3 is 0 Å². The first-order chi connectivity index (χ1) is 6.75. The Labute approximate surface area is 90.9 Å². The first-order valence-electron chi connectivity index (χ1n) is 4.29. The van der Waals surface area contributed by atoms with Crippen LogP contribution in [0.15, 0.2) is 41.1 Å². The summed E-state index contributed by atoms with van der Waals surface area (Å²) in [6.07, 6.45) is 3.86. The van der Waals surface area contributed by atoms with Crippen molar-refractivity contribution in [2.24, 2.45) is 0 Å². The predicted molar refractivity (Wildman–Crippen MR) is 60.1 cm³/mol. The largest absolute Gasteiger partial charge is 0.278 e. The van der Waals surface area contributed by atoms with E-state index in [9.17, 15) is 0 Å². The van der Waals surface area contributed by atoms with Gasteiger partial charge in [0.2, 0.25) is 0 Å². The summed E-state index contributed by atoms with van der Waals surface area (Å²) >= 11 is 3.41. The second kappa shape index (κ2) is 3.84. The molecule has 2 aromatic heterocycles. The van der Waals surface area contributed by atoms with E-state index in [1.54, 1.807) is 0 Å². The molecule has 2 rings (SSSR count). The third kappa shape index (κ3) is 1.96. The van der Waals surface area contributed by atoms with Gasteiger partial charge < -0.3 is 0 Å². The monoisotopic (exact) mass is 251 g/mol. The molecule has 0 aliphatic carbocycles. The molecule has 2 aromatic rings. The summed E-state index contributed by atoms with van der Waals surface area (Å²) in [5.41, 5.74) is 4.11. The van der Waals surface area contributed by atoms with Crippen molar-refractivity contribution in [2.45, 2.75) is 6.92 Å². The molecular weight excluding hydrogens is 242 g/mol. The van der Waals surface area contributed by atoms with Gasteiger partial charge in [-0.25, -0.2) is 4.98 Å². The number of anilines is 1. The number of aryl methyl sites for hydroxylation is 1. The number of aromatic nitrogens is 2. The fourth-order valence-corrected chi connectivity index (χ4v) is 1.37. The minimum absolute atomic E-state index is 0.835. The Balaban J connectivity index is 2.22. The Morgan fingerprint density at radius 1 is 1.29 bits per heavy atom. The molecule has 2 heterocycles. The Morgan fingerprint density at radius 3 is 2.64 bits per heavy atom. The van der Waals surface area contributed by atoms with E-state index in [0.29, 0.717) is 0 Å². The van der Waals surface area contributed by atoms with Crippen molar-refractivity contribution in [2.75, 3.05) is 5.43 Å². The lowest BCUT2D eigenvalue weighted by Gasteiger charge is -2.07. The lowest BCUT2D eigenvalue weighted by molar-refractivity contribution is 0.946. The number of nitrogens with zero attached hydrogens (tertiary/aromatic N) is 2. The average Bonchev–Trinajstić information content (AvgIpc) is 2.64. The van der Waals surface area contributed by atoms with Gasteiger partial charge in [-0.2, -0.15) is 0 Å². The van der Waals surface area contributed by atoms with Crippen LogP contribution >= 0.6 is 15.9 Å². The van der Waals surface area contributed by atoms with E-state index in [0.717, 1.165) is 16.0 Å². The van der Waals surface area contributed by atoms with Gasteiger partial charge in [0.05, 0.1) is 5.69 Å². The zero-order valence-corrected chi connectivity index (χ0v) is 9.32. The molecular formula is C10H10BrN3. The number of hydrogen-bond acceptors (Lipinski definition) is 2. The summed E-state index contributed by atoms with van der Waals surface area (Å²) in [6, 6.07) is 7.82. The molecule has 0 saturated heterocycles. The molecule has 0 aliphatic rings. The highest BCUT2D eigenvalue weighted by molar-refractivity contribution is 9.10. The highest BCUT2D eigenvalue weighted by Gasteiger charge is 1.98. The van der Waals surface area contributed by atoms with Gasteiger partial charge in [-0.15, -0.1) is 0 Å². The minimum Gasteiger partial charge on any atom is -0.278 e. The molecule has 0 spiro atoms. The minimum atomic E-state index is 0.835. The smallest absolute Gasteiger partial charge is 0.145 e. The summed E-state index contributed by atoms with van der Waals surface area (Å²) in [5, 5.41) is 0. The second-order valence-electron chi connectivity index (χ2n) is 2.97. The lowest BCUT2D eigenvalue weighted by atomic mass is 10.4. The molecule has 0 bridgehead atoms. The molecule has 1 N–H and O–H groups in total. The van der Waals surface area contributed by atoms with Crippen molar-refractivity contribution >= 4 is 21.7 Å². The third-order valence-electron chi connectivity index (χ3n) is 1.87. The van der Waals surface area contributed by atoms with Crippen LogP contribution in [0.1, 0.15) is 5.69 Å². The van der Waals surface area contributed by atoms with Crippen LogP contribution in [0.3, 0.4) is 0 Å². The van der Waals surface area contributed by atoms with Crippen LogP contribution < -0.4 is 5.43 Å². The van der Waals surface area contributed by atoms with Gasteiger partial charge in [0.1, 0.15) is 5.82 Å². The highest BCUT2D eigenvalue weighted by atomic mass is 79.9. The third-order valence-corrected chi connectivity index (χ3v) is 2.71. The Bertz CT molecular complexity index is 423. The van der Waals surface area contributed by atoms with Crippen LogP contribution in [-0.4, -0.2) is 9.66 Å². The fraction of sp³-hybridized carbons (Fsp3) is 0.100.